The van der Waals surface area contributed by atoms with Gasteiger partial charge in [-0.05, 0) is 30.2 Å². The lowest BCUT2D eigenvalue weighted by molar-refractivity contribution is 0.102. The highest BCUT2D eigenvalue weighted by Gasteiger charge is 2.13. The molecule has 5 heteroatoms. The van der Waals surface area contributed by atoms with Gasteiger partial charge in [0.15, 0.2) is 0 Å². The standard InChI is InChI=1S/C16H19N3O2/c1-17-15-13(7-5-10-18-15)16(20)19-14-8-4-3-6-12(14)9-11-21-2/h3-8,10H,9,11H2,1-2H3,(H,17,18)(H,19,20). The van der Waals surface area contributed by atoms with Crippen molar-refractivity contribution in [3.05, 3.63) is 53.7 Å². The maximum absolute atomic E-state index is 12.4. The average molecular weight is 285 g/mol. The van der Waals surface area contributed by atoms with Crippen molar-refractivity contribution in [1.82, 2.24) is 4.98 Å². The minimum Gasteiger partial charge on any atom is -0.384 e. The van der Waals surface area contributed by atoms with Crippen LogP contribution < -0.4 is 10.6 Å². The normalized spacial score (nSPS) is 10.2. The van der Waals surface area contributed by atoms with Gasteiger partial charge in [-0.3, -0.25) is 4.79 Å². The predicted octanol–water partition coefficient (Wildman–Crippen LogP) is 2.56. The quantitative estimate of drug-likeness (QED) is 0.856. The zero-order valence-electron chi connectivity index (χ0n) is 12.2. The molecule has 0 fully saturated rings. The Morgan fingerprint density at radius 1 is 1.24 bits per heavy atom. The number of pyridine rings is 1. The fraction of sp³-hybridized carbons (Fsp3) is 0.250. The first-order valence-corrected chi connectivity index (χ1v) is 6.77. The number of rotatable bonds is 6. The highest BCUT2D eigenvalue weighted by Crippen LogP contribution is 2.18. The van der Waals surface area contributed by atoms with Crippen molar-refractivity contribution < 1.29 is 9.53 Å². The molecular weight excluding hydrogens is 266 g/mol. The fourth-order valence-corrected chi connectivity index (χ4v) is 2.05. The Bertz CT molecular complexity index is 614. The van der Waals surface area contributed by atoms with Gasteiger partial charge in [-0.2, -0.15) is 0 Å². The van der Waals surface area contributed by atoms with E-state index in [-0.39, 0.29) is 5.91 Å². The van der Waals surface area contributed by atoms with E-state index >= 15 is 0 Å². The maximum Gasteiger partial charge on any atom is 0.259 e. The first-order valence-electron chi connectivity index (χ1n) is 6.77. The van der Waals surface area contributed by atoms with Crippen LogP contribution in [0.25, 0.3) is 0 Å². The van der Waals surface area contributed by atoms with Crippen molar-refractivity contribution in [2.45, 2.75) is 6.42 Å². The van der Waals surface area contributed by atoms with Crippen LogP contribution in [0.2, 0.25) is 0 Å². The van der Waals surface area contributed by atoms with Crippen molar-refractivity contribution in [1.29, 1.82) is 0 Å². The van der Waals surface area contributed by atoms with E-state index in [0.717, 1.165) is 17.7 Å². The molecule has 1 amide bonds. The Morgan fingerprint density at radius 3 is 2.81 bits per heavy atom. The molecule has 0 atom stereocenters. The number of amides is 1. The summed E-state index contributed by atoms with van der Waals surface area (Å²) in [6, 6.07) is 11.2. The number of hydrogen-bond acceptors (Lipinski definition) is 4. The van der Waals surface area contributed by atoms with Crippen LogP contribution in [-0.2, 0) is 11.2 Å². The topological polar surface area (TPSA) is 63.2 Å². The van der Waals surface area contributed by atoms with Crippen molar-refractivity contribution in [2.24, 2.45) is 0 Å². The van der Waals surface area contributed by atoms with Gasteiger partial charge < -0.3 is 15.4 Å². The summed E-state index contributed by atoms with van der Waals surface area (Å²) >= 11 is 0. The Morgan fingerprint density at radius 2 is 2.05 bits per heavy atom. The average Bonchev–Trinajstić information content (AvgIpc) is 2.54. The third-order valence-corrected chi connectivity index (χ3v) is 3.13. The van der Waals surface area contributed by atoms with E-state index in [0.29, 0.717) is 18.0 Å². The van der Waals surface area contributed by atoms with Crippen LogP contribution >= 0.6 is 0 Å². The van der Waals surface area contributed by atoms with Gasteiger partial charge in [-0.15, -0.1) is 0 Å². The van der Waals surface area contributed by atoms with Gasteiger partial charge in [0.25, 0.3) is 5.91 Å². The van der Waals surface area contributed by atoms with Gasteiger partial charge in [-0.25, -0.2) is 4.98 Å². The molecular formula is C16H19N3O2. The van der Waals surface area contributed by atoms with Gasteiger partial charge in [-0.1, -0.05) is 18.2 Å². The van der Waals surface area contributed by atoms with Crippen molar-refractivity contribution in [3.63, 3.8) is 0 Å². The lowest BCUT2D eigenvalue weighted by Gasteiger charge is -2.12. The number of anilines is 2. The van der Waals surface area contributed by atoms with Gasteiger partial charge >= 0.3 is 0 Å². The lowest BCUT2D eigenvalue weighted by atomic mass is 10.1. The molecule has 21 heavy (non-hydrogen) atoms. The van der Waals surface area contributed by atoms with E-state index in [1.54, 1.807) is 32.5 Å². The highest BCUT2D eigenvalue weighted by molar-refractivity contribution is 6.07. The Kier molecular flexibility index (Phi) is 5.29. The third kappa shape index (κ3) is 3.79. The van der Waals surface area contributed by atoms with Crippen LogP contribution in [0.15, 0.2) is 42.6 Å². The molecule has 1 aromatic carbocycles. The van der Waals surface area contributed by atoms with Gasteiger partial charge in [0, 0.05) is 26.0 Å². The van der Waals surface area contributed by atoms with E-state index in [9.17, 15) is 4.79 Å². The van der Waals surface area contributed by atoms with Gasteiger partial charge in [0.05, 0.1) is 12.2 Å². The largest absolute Gasteiger partial charge is 0.384 e. The van der Waals surface area contributed by atoms with Gasteiger partial charge in [0.1, 0.15) is 5.82 Å². The molecule has 0 aliphatic rings. The van der Waals surface area contributed by atoms with Crippen LogP contribution in [0.1, 0.15) is 15.9 Å². The summed E-state index contributed by atoms with van der Waals surface area (Å²) in [7, 11) is 3.40. The summed E-state index contributed by atoms with van der Waals surface area (Å²) in [5, 5.41) is 5.86. The van der Waals surface area contributed by atoms with Crippen molar-refractivity contribution in [3.8, 4) is 0 Å². The number of nitrogens with one attached hydrogen (secondary N) is 2. The van der Waals surface area contributed by atoms with E-state index in [1.165, 1.54) is 0 Å². The third-order valence-electron chi connectivity index (χ3n) is 3.13. The molecule has 0 radical (unpaired) electrons. The second-order valence-electron chi connectivity index (χ2n) is 4.50. The molecule has 0 aliphatic carbocycles. The summed E-state index contributed by atoms with van der Waals surface area (Å²) in [4.78, 5) is 16.5. The zero-order chi connectivity index (χ0) is 15.1. The molecule has 0 saturated heterocycles. The summed E-state index contributed by atoms with van der Waals surface area (Å²) in [5.74, 6) is 0.377. The predicted molar refractivity (Wildman–Crippen MR) is 83.8 cm³/mol. The number of para-hydroxylation sites is 1. The Hall–Kier alpha value is -2.40. The fourth-order valence-electron chi connectivity index (χ4n) is 2.05. The molecule has 110 valence electrons. The van der Waals surface area contributed by atoms with E-state index < -0.39 is 0 Å². The summed E-state index contributed by atoms with van der Waals surface area (Å²) in [6.07, 6.45) is 2.40. The summed E-state index contributed by atoms with van der Waals surface area (Å²) in [5.41, 5.74) is 2.36. The van der Waals surface area contributed by atoms with Gasteiger partial charge in [0.2, 0.25) is 0 Å². The monoisotopic (exact) mass is 285 g/mol. The van der Waals surface area contributed by atoms with Crippen LogP contribution in [0.4, 0.5) is 11.5 Å². The second-order valence-corrected chi connectivity index (χ2v) is 4.50. The minimum atomic E-state index is -0.183. The Labute approximate surface area is 124 Å². The zero-order valence-corrected chi connectivity index (χ0v) is 12.2. The molecule has 0 saturated carbocycles. The van der Waals surface area contributed by atoms with Crippen LogP contribution in [0, 0.1) is 0 Å². The number of carbonyl (C=O) groups excluding carboxylic acids is 1. The molecule has 2 N–H and O–H groups in total. The molecule has 2 rings (SSSR count). The molecule has 0 aliphatic heterocycles. The molecule has 0 spiro atoms. The van der Waals surface area contributed by atoms with E-state index in [4.69, 9.17) is 4.74 Å². The molecule has 0 bridgehead atoms. The number of ether oxygens (including phenoxy) is 1. The highest BCUT2D eigenvalue weighted by atomic mass is 16.5. The summed E-state index contributed by atoms with van der Waals surface area (Å²) in [6.45, 7) is 0.613. The molecule has 2 aromatic rings. The molecule has 1 heterocycles. The number of carbonyl (C=O) groups is 1. The van der Waals surface area contributed by atoms with E-state index in [2.05, 4.69) is 15.6 Å². The van der Waals surface area contributed by atoms with Crippen LogP contribution in [0.5, 0.6) is 0 Å². The summed E-state index contributed by atoms with van der Waals surface area (Å²) < 4.78 is 5.09. The first kappa shape index (κ1) is 15.0. The lowest BCUT2D eigenvalue weighted by Crippen LogP contribution is -2.16. The number of nitrogens with zero attached hydrogens (tertiary/aromatic N) is 1. The van der Waals surface area contributed by atoms with Crippen molar-refractivity contribution in [2.75, 3.05) is 31.4 Å². The number of methoxy groups -OCH3 is 1. The smallest absolute Gasteiger partial charge is 0.259 e. The Balaban J connectivity index is 2.19. The molecule has 5 nitrogen and oxygen atoms in total. The van der Waals surface area contributed by atoms with Crippen LogP contribution in [0.3, 0.4) is 0 Å². The molecule has 1 aromatic heterocycles. The van der Waals surface area contributed by atoms with E-state index in [1.807, 2.05) is 24.3 Å². The van der Waals surface area contributed by atoms with Crippen LogP contribution in [-0.4, -0.2) is 31.7 Å². The second kappa shape index (κ2) is 7.40. The number of aromatic nitrogens is 1. The van der Waals surface area contributed by atoms with Crippen molar-refractivity contribution >= 4 is 17.4 Å². The SMILES string of the molecule is CNc1ncccc1C(=O)Nc1ccccc1CCOC. The molecule has 0 unspecified atom stereocenters. The minimum absolute atomic E-state index is 0.183. The number of hydrogen-bond donors (Lipinski definition) is 2. The number of benzene rings is 1. The first-order chi connectivity index (χ1) is 10.3. The maximum atomic E-state index is 12.4.